The van der Waals surface area contributed by atoms with E-state index in [1.165, 1.54) is 0 Å². The number of nitrogens with zero attached hydrogens (tertiary/aromatic N) is 3. The molecule has 0 atom stereocenters. The molecule has 0 aliphatic carbocycles. The maximum absolute atomic E-state index is 5.95. The fourth-order valence-electron chi connectivity index (χ4n) is 2.00. The van der Waals surface area contributed by atoms with Crippen molar-refractivity contribution in [3.05, 3.63) is 18.0 Å². The number of hydrogen-bond donors (Lipinski definition) is 0. The number of ether oxygens (including phenoxy) is 2. The molecule has 104 valence electrons. The zero-order valence-corrected chi connectivity index (χ0v) is 12.0. The maximum atomic E-state index is 5.95. The summed E-state index contributed by atoms with van der Waals surface area (Å²) in [7, 11) is 3.32. The molecule has 0 aliphatic heterocycles. The van der Waals surface area contributed by atoms with E-state index in [0.29, 0.717) is 11.8 Å². The zero-order chi connectivity index (χ0) is 13.7. The van der Waals surface area contributed by atoms with E-state index in [-0.39, 0.29) is 0 Å². The molecule has 0 N–H and O–H groups in total. The maximum Gasteiger partial charge on any atom is 0.215 e. The van der Waals surface area contributed by atoms with Gasteiger partial charge in [0.15, 0.2) is 5.65 Å². The van der Waals surface area contributed by atoms with Gasteiger partial charge in [-0.2, -0.15) is 4.98 Å². The summed E-state index contributed by atoms with van der Waals surface area (Å²) in [5, 5.41) is 0. The third kappa shape index (κ3) is 3.16. The highest BCUT2D eigenvalue weighted by atomic mass is 35.5. The Balaban J connectivity index is 2.27. The second kappa shape index (κ2) is 6.73. The normalized spacial score (nSPS) is 11.1. The molecule has 0 fully saturated rings. The van der Waals surface area contributed by atoms with Gasteiger partial charge in [-0.25, -0.2) is 4.98 Å². The van der Waals surface area contributed by atoms with Crippen LogP contribution >= 0.6 is 11.6 Å². The number of methoxy groups -OCH3 is 2. The van der Waals surface area contributed by atoms with Gasteiger partial charge in [-0.1, -0.05) is 0 Å². The van der Waals surface area contributed by atoms with Gasteiger partial charge >= 0.3 is 0 Å². The number of hydrogen-bond acceptors (Lipinski definition) is 4. The van der Waals surface area contributed by atoms with E-state index in [1.807, 2.05) is 12.1 Å². The lowest BCUT2D eigenvalue weighted by molar-refractivity contribution is 0.191. The fourth-order valence-corrected chi connectivity index (χ4v) is 2.20. The summed E-state index contributed by atoms with van der Waals surface area (Å²) in [5.41, 5.74) is 1.68. The lowest BCUT2D eigenvalue weighted by atomic mass is 10.3. The Morgan fingerprint density at radius 2 is 2.05 bits per heavy atom. The largest absolute Gasteiger partial charge is 0.481 e. The van der Waals surface area contributed by atoms with E-state index >= 15 is 0 Å². The number of halogens is 1. The van der Waals surface area contributed by atoms with Gasteiger partial charge in [0.2, 0.25) is 5.88 Å². The second-order valence-corrected chi connectivity index (χ2v) is 4.48. The Morgan fingerprint density at radius 3 is 2.74 bits per heavy atom. The molecule has 2 rings (SSSR count). The van der Waals surface area contributed by atoms with Crippen LogP contribution in [0, 0.1) is 0 Å². The minimum Gasteiger partial charge on any atom is -0.481 e. The van der Waals surface area contributed by atoms with Crippen LogP contribution in [-0.4, -0.2) is 35.4 Å². The molecule has 0 unspecified atom stereocenters. The van der Waals surface area contributed by atoms with Gasteiger partial charge in [-0.05, 0) is 18.9 Å². The molecule has 0 spiro atoms. The summed E-state index contributed by atoms with van der Waals surface area (Å²) < 4.78 is 12.3. The molecule has 6 heteroatoms. The van der Waals surface area contributed by atoms with Gasteiger partial charge in [0.1, 0.15) is 11.3 Å². The summed E-state index contributed by atoms with van der Waals surface area (Å²) >= 11 is 5.95. The van der Waals surface area contributed by atoms with Gasteiger partial charge in [-0.15, -0.1) is 11.6 Å². The summed E-state index contributed by atoms with van der Waals surface area (Å²) in [4.78, 5) is 8.94. The monoisotopic (exact) mass is 283 g/mol. The third-order valence-electron chi connectivity index (χ3n) is 2.95. The Labute approximate surface area is 117 Å². The first-order valence-electron chi connectivity index (χ1n) is 6.25. The predicted octanol–water partition coefficient (Wildman–Crippen LogP) is 2.61. The number of pyridine rings is 1. The Bertz CT molecular complexity index is 542. The van der Waals surface area contributed by atoms with Crippen molar-refractivity contribution in [1.29, 1.82) is 0 Å². The van der Waals surface area contributed by atoms with Crippen molar-refractivity contribution in [3.8, 4) is 5.88 Å². The number of aromatic nitrogens is 3. The van der Waals surface area contributed by atoms with Crippen LogP contribution in [0.4, 0.5) is 0 Å². The lowest BCUT2D eigenvalue weighted by Gasteiger charge is -2.07. The van der Waals surface area contributed by atoms with E-state index in [4.69, 9.17) is 21.1 Å². The number of unbranched alkanes of at least 4 members (excludes halogenated alkanes) is 1. The first-order chi connectivity index (χ1) is 9.30. The molecule has 0 aromatic carbocycles. The van der Waals surface area contributed by atoms with Crippen molar-refractivity contribution in [2.75, 3.05) is 20.8 Å². The highest BCUT2D eigenvalue weighted by Gasteiger charge is 2.11. The van der Waals surface area contributed by atoms with Crippen LogP contribution in [-0.2, 0) is 17.2 Å². The van der Waals surface area contributed by atoms with Crippen molar-refractivity contribution < 1.29 is 9.47 Å². The van der Waals surface area contributed by atoms with Crippen LogP contribution in [0.1, 0.15) is 18.7 Å². The summed E-state index contributed by atoms with van der Waals surface area (Å²) in [6.45, 7) is 1.60. The summed E-state index contributed by atoms with van der Waals surface area (Å²) in [6.07, 6.45) is 2.00. The molecule has 0 aliphatic rings. The van der Waals surface area contributed by atoms with Crippen molar-refractivity contribution in [2.45, 2.75) is 25.3 Å². The quantitative estimate of drug-likeness (QED) is 0.579. The smallest absolute Gasteiger partial charge is 0.215 e. The number of fused-ring (bicyclic) bond motifs is 1. The molecule has 2 aromatic rings. The minimum absolute atomic E-state index is 0.378. The van der Waals surface area contributed by atoms with Crippen molar-refractivity contribution in [3.63, 3.8) is 0 Å². The van der Waals surface area contributed by atoms with Crippen LogP contribution in [0.25, 0.3) is 11.2 Å². The van der Waals surface area contributed by atoms with E-state index in [0.717, 1.165) is 43.0 Å². The van der Waals surface area contributed by atoms with E-state index < -0.39 is 0 Å². The molecule has 0 saturated carbocycles. The Hall–Kier alpha value is -1.33. The highest BCUT2D eigenvalue weighted by molar-refractivity contribution is 6.16. The summed E-state index contributed by atoms with van der Waals surface area (Å²) in [5.74, 6) is 1.81. The van der Waals surface area contributed by atoms with Gasteiger partial charge in [-0.3, -0.25) is 0 Å². The van der Waals surface area contributed by atoms with Crippen LogP contribution in [0.15, 0.2) is 12.1 Å². The van der Waals surface area contributed by atoms with Crippen LogP contribution in [0.3, 0.4) is 0 Å². The van der Waals surface area contributed by atoms with E-state index in [1.54, 1.807) is 14.2 Å². The number of imidazole rings is 1. The molecule has 2 heterocycles. The molecule has 0 radical (unpaired) electrons. The molecule has 0 amide bonds. The molecule has 19 heavy (non-hydrogen) atoms. The van der Waals surface area contributed by atoms with Crippen LogP contribution in [0.2, 0.25) is 0 Å². The molecule has 0 bridgehead atoms. The standard InChI is InChI=1S/C13H18ClN3O2/c1-18-8-4-3-7-17-11(9-14)15-10-5-6-12(19-2)16-13(10)17/h5-6H,3-4,7-9H2,1-2H3. The van der Waals surface area contributed by atoms with Crippen molar-refractivity contribution in [2.24, 2.45) is 0 Å². The first-order valence-corrected chi connectivity index (χ1v) is 6.78. The number of rotatable bonds is 7. The molecular formula is C13H18ClN3O2. The van der Waals surface area contributed by atoms with Crippen molar-refractivity contribution in [1.82, 2.24) is 14.5 Å². The molecule has 0 saturated heterocycles. The van der Waals surface area contributed by atoms with Gasteiger partial charge in [0.05, 0.1) is 13.0 Å². The molecular weight excluding hydrogens is 266 g/mol. The zero-order valence-electron chi connectivity index (χ0n) is 11.2. The van der Waals surface area contributed by atoms with Crippen LogP contribution < -0.4 is 4.74 Å². The predicted molar refractivity (Wildman–Crippen MR) is 74.7 cm³/mol. The third-order valence-corrected chi connectivity index (χ3v) is 3.19. The average molecular weight is 284 g/mol. The fraction of sp³-hybridized carbons (Fsp3) is 0.538. The number of alkyl halides is 1. The minimum atomic E-state index is 0.378. The van der Waals surface area contributed by atoms with Crippen LogP contribution in [0.5, 0.6) is 5.88 Å². The van der Waals surface area contributed by atoms with E-state index in [2.05, 4.69) is 14.5 Å². The number of aryl methyl sites for hydroxylation is 1. The van der Waals surface area contributed by atoms with Gasteiger partial charge in [0.25, 0.3) is 0 Å². The Kier molecular flexibility index (Phi) is 4.99. The molecule has 2 aromatic heterocycles. The average Bonchev–Trinajstić information content (AvgIpc) is 2.80. The highest BCUT2D eigenvalue weighted by Crippen LogP contribution is 2.19. The second-order valence-electron chi connectivity index (χ2n) is 4.21. The van der Waals surface area contributed by atoms with E-state index in [9.17, 15) is 0 Å². The van der Waals surface area contributed by atoms with Gasteiger partial charge in [0, 0.05) is 26.3 Å². The topological polar surface area (TPSA) is 49.2 Å². The first kappa shape index (κ1) is 14.1. The lowest BCUT2D eigenvalue weighted by Crippen LogP contribution is -2.05. The van der Waals surface area contributed by atoms with Crippen molar-refractivity contribution >= 4 is 22.8 Å². The molecule has 5 nitrogen and oxygen atoms in total. The SMILES string of the molecule is COCCCCn1c(CCl)nc2ccc(OC)nc21. The summed E-state index contributed by atoms with van der Waals surface area (Å²) in [6, 6.07) is 3.71. The Morgan fingerprint density at radius 1 is 1.21 bits per heavy atom. The van der Waals surface area contributed by atoms with Gasteiger partial charge < -0.3 is 14.0 Å².